The van der Waals surface area contributed by atoms with Gasteiger partial charge in [-0.3, -0.25) is 14.9 Å². The number of carbonyl (C=O) groups excluding carboxylic acids is 1. The van der Waals surface area contributed by atoms with Crippen LogP contribution in [-0.4, -0.2) is 16.0 Å². The third-order valence-electron chi connectivity index (χ3n) is 3.97. The molecule has 4 rings (SSSR count). The van der Waals surface area contributed by atoms with Gasteiger partial charge in [-0.25, -0.2) is 4.99 Å². The summed E-state index contributed by atoms with van der Waals surface area (Å²) in [5, 5.41) is 14.1. The van der Waals surface area contributed by atoms with E-state index in [2.05, 4.69) is 26.2 Å². The number of benzene rings is 2. The maximum atomic E-state index is 12.2. The first-order valence-electron chi connectivity index (χ1n) is 8.38. The lowest BCUT2D eigenvalue weighted by Gasteiger charge is -2.00. The number of nitrogens with one attached hydrogen (secondary N) is 1. The molecule has 9 heteroatoms. The van der Waals surface area contributed by atoms with Crippen molar-refractivity contribution in [3.8, 4) is 11.3 Å². The number of thioether (sulfide) groups is 1. The molecule has 1 N–H and O–H groups in total. The number of nitro groups is 1. The molecule has 1 aromatic heterocycles. The zero-order valence-electron chi connectivity index (χ0n) is 14.7. The van der Waals surface area contributed by atoms with Crippen LogP contribution in [0.3, 0.4) is 0 Å². The van der Waals surface area contributed by atoms with Gasteiger partial charge in [0, 0.05) is 28.2 Å². The monoisotopic (exact) mass is 469 g/mol. The number of hydrogen-bond donors (Lipinski definition) is 1. The SMILES string of the molecule is O=C1NC(=Nc2ccccc2)S/C1=C\c1ccc(-c2ccc([N+](=O)[O-])cc2Br)o1. The normalized spacial score (nSPS) is 16.4. The van der Waals surface area contributed by atoms with E-state index in [4.69, 9.17) is 4.42 Å². The second-order valence-corrected chi connectivity index (χ2v) is 7.83. The van der Waals surface area contributed by atoms with Crippen molar-refractivity contribution in [3.05, 3.63) is 85.9 Å². The van der Waals surface area contributed by atoms with Crippen molar-refractivity contribution in [2.45, 2.75) is 0 Å². The number of halogens is 1. The number of nitro benzene ring substituents is 1. The molecule has 0 saturated carbocycles. The summed E-state index contributed by atoms with van der Waals surface area (Å²) in [5.74, 6) is 0.767. The molecule has 29 heavy (non-hydrogen) atoms. The third-order valence-corrected chi connectivity index (χ3v) is 5.53. The molecule has 0 spiro atoms. The van der Waals surface area contributed by atoms with Crippen LogP contribution in [0.25, 0.3) is 17.4 Å². The van der Waals surface area contributed by atoms with Gasteiger partial charge in [-0.15, -0.1) is 0 Å². The summed E-state index contributed by atoms with van der Waals surface area (Å²) in [5.41, 5.74) is 1.41. The third kappa shape index (κ3) is 4.30. The molecule has 0 radical (unpaired) electrons. The summed E-state index contributed by atoms with van der Waals surface area (Å²) in [7, 11) is 0. The van der Waals surface area contributed by atoms with Gasteiger partial charge in [-0.1, -0.05) is 18.2 Å². The maximum Gasteiger partial charge on any atom is 0.270 e. The van der Waals surface area contributed by atoms with Crippen molar-refractivity contribution in [2.75, 3.05) is 0 Å². The Balaban J connectivity index is 1.56. The van der Waals surface area contributed by atoms with Gasteiger partial charge in [0.15, 0.2) is 5.17 Å². The number of para-hydroxylation sites is 1. The second kappa shape index (κ2) is 8.06. The van der Waals surface area contributed by atoms with E-state index < -0.39 is 4.92 Å². The van der Waals surface area contributed by atoms with Crippen LogP contribution < -0.4 is 5.32 Å². The largest absolute Gasteiger partial charge is 0.457 e. The highest BCUT2D eigenvalue weighted by Crippen LogP contribution is 2.34. The molecule has 2 aromatic carbocycles. The minimum Gasteiger partial charge on any atom is -0.457 e. The van der Waals surface area contributed by atoms with Crippen LogP contribution in [0.15, 0.2) is 79.5 Å². The van der Waals surface area contributed by atoms with Crippen LogP contribution in [0, 0.1) is 10.1 Å². The lowest BCUT2D eigenvalue weighted by Crippen LogP contribution is -2.19. The molecule has 1 saturated heterocycles. The van der Waals surface area contributed by atoms with Gasteiger partial charge in [0.1, 0.15) is 11.5 Å². The van der Waals surface area contributed by atoms with Crippen molar-refractivity contribution in [1.82, 2.24) is 5.32 Å². The molecule has 3 aromatic rings. The summed E-state index contributed by atoms with van der Waals surface area (Å²) < 4.78 is 6.35. The summed E-state index contributed by atoms with van der Waals surface area (Å²) in [6.45, 7) is 0. The second-order valence-electron chi connectivity index (χ2n) is 5.94. The molecular formula is C20H12BrN3O4S. The highest BCUT2D eigenvalue weighted by Gasteiger charge is 2.24. The number of amides is 1. The Bertz CT molecular complexity index is 1170. The molecule has 2 heterocycles. The van der Waals surface area contributed by atoms with E-state index in [9.17, 15) is 14.9 Å². The molecule has 7 nitrogen and oxygen atoms in total. The maximum absolute atomic E-state index is 12.2. The van der Waals surface area contributed by atoms with Gasteiger partial charge in [0.2, 0.25) is 0 Å². The van der Waals surface area contributed by atoms with E-state index in [1.54, 1.807) is 24.3 Å². The number of amidine groups is 1. The summed E-state index contributed by atoms with van der Waals surface area (Å²) in [6.07, 6.45) is 1.64. The Morgan fingerprint density at radius 3 is 2.66 bits per heavy atom. The van der Waals surface area contributed by atoms with Crippen LogP contribution in [0.1, 0.15) is 5.76 Å². The molecule has 144 valence electrons. The van der Waals surface area contributed by atoms with E-state index in [0.29, 0.717) is 31.6 Å². The van der Waals surface area contributed by atoms with Gasteiger partial charge in [-0.2, -0.15) is 0 Å². The molecule has 0 bridgehead atoms. The quantitative estimate of drug-likeness (QED) is 0.308. The highest BCUT2D eigenvalue weighted by atomic mass is 79.9. The number of hydrogen-bond acceptors (Lipinski definition) is 6. The minimum absolute atomic E-state index is 0.0150. The standard InChI is InChI=1S/C20H12BrN3O4S/c21-16-10-13(24(26)27)6-8-15(16)17-9-7-14(28-17)11-18-19(25)23-20(29-18)22-12-4-2-1-3-5-12/h1-11H,(H,22,23,25)/b18-11-. The molecule has 1 aliphatic heterocycles. The first-order chi connectivity index (χ1) is 14.0. The number of furan rings is 1. The molecule has 1 amide bonds. The highest BCUT2D eigenvalue weighted by molar-refractivity contribution is 9.10. The van der Waals surface area contributed by atoms with Crippen LogP contribution in [0.4, 0.5) is 11.4 Å². The molecule has 0 aliphatic carbocycles. The number of carbonyl (C=O) groups is 1. The molecule has 0 atom stereocenters. The Morgan fingerprint density at radius 1 is 1.14 bits per heavy atom. The molecule has 1 fully saturated rings. The first-order valence-corrected chi connectivity index (χ1v) is 9.99. The Hall–Kier alpha value is -3.17. The van der Waals surface area contributed by atoms with Crippen molar-refractivity contribution in [1.29, 1.82) is 0 Å². The first kappa shape index (κ1) is 19.2. The van der Waals surface area contributed by atoms with Gasteiger partial charge in [0.25, 0.3) is 11.6 Å². The fourth-order valence-electron chi connectivity index (χ4n) is 2.62. The van der Waals surface area contributed by atoms with E-state index in [-0.39, 0.29) is 11.6 Å². The van der Waals surface area contributed by atoms with Gasteiger partial charge >= 0.3 is 0 Å². The number of aliphatic imine (C=N–C) groups is 1. The Kier molecular flexibility index (Phi) is 5.32. The van der Waals surface area contributed by atoms with E-state index >= 15 is 0 Å². The molecule has 1 aliphatic rings. The zero-order chi connectivity index (χ0) is 20.4. The van der Waals surface area contributed by atoms with Crippen molar-refractivity contribution in [3.63, 3.8) is 0 Å². The van der Waals surface area contributed by atoms with Crippen LogP contribution in [0.2, 0.25) is 0 Å². The Labute approximate surface area is 177 Å². The average molecular weight is 470 g/mol. The van der Waals surface area contributed by atoms with Crippen molar-refractivity contribution < 1.29 is 14.1 Å². The molecular weight excluding hydrogens is 458 g/mol. The van der Waals surface area contributed by atoms with Gasteiger partial charge in [0.05, 0.1) is 15.5 Å². The van der Waals surface area contributed by atoms with Crippen molar-refractivity contribution >= 4 is 56.2 Å². The number of rotatable bonds is 4. The smallest absolute Gasteiger partial charge is 0.270 e. The van der Waals surface area contributed by atoms with Crippen LogP contribution in [-0.2, 0) is 4.79 Å². The lowest BCUT2D eigenvalue weighted by atomic mass is 10.1. The topological polar surface area (TPSA) is 97.7 Å². The van der Waals surface area contributed by atoms with Crippen LogP contribution in [0.5, 0.6) is 0 Å². The van der Waals surface area contributed by atoms with E-state index in [1.165, 1.54) is 23.9 Å². The average Bonchev–Trinajstić information content (AvgIpc) is 3.29. The summed E-state index contributed by atoms with van der Waals surface area (Å²) in [6, 6.07) is 17.3. The minimum atomic E-state index is -0.461. The predicted molar refractivity (Wildman–Crippen MR) is 116 cm³/mol. The fraction of sp³-hybridized carbons (Fsp3) is 0. The van der Waals surface area contributed by atoms with Gasteiger partial charge in [-0.05, 0) is 58.0 Å². The van der Waals surface area contributed by atoms with E-state index in [0.717, 1.165) is 5.69 Å². The van der Waals surface area contributed by atoms with Crippen molar-refractivity contribution in [2.24, 2.45) is 4.99 Å². The number of nitrogens with zero attached hydrogens (tertiary/aromatic N) is 2. The van der Waals surface area contributed by atoms with Crippen LogP contribution >= 0.6 is 27.7 Å². The van der Waals surface area contributed by atoms with E-state index in [1.807, 2.05) is 30.3 Å². The fourth-order valence-corrected chi connectivity index (χ4v) is 4.01. The summed E-state index contributed by atoms with van der Waals surface area (Å²) in [4.78, 5) is 27.5. The lowest BCUT2D eigenvalue weighted by molar-refractivity contribution is -0.384. The molecule has 0 unspecified atom stereocenters. The zero-order valence-corrected chi connectivity index (χ0v) is 17.1. The number of non-ortho nitro benzene ring substituents is 1. The Morgan fingerprint density at radius 2 is 1.93 bits per heavy atom. The summed E-state index contributed by atoms with van der Waals surface area (Å²) >= 11 is 4.56. The van der Waals surface area contributed by atoms with Gasteiger partial charge < -0.3 is 9.73 Å². The predicted octanol–water partition coefficient (Wildman–Crippen LogP) is 5.51.